The Bertz CT molecular complexity index is 1050. The molecule has 28 heavy (non-hydrogen) atoms. The topological polar surface area (TPSA) is 53.7 Å². The molecule has 0 radical (unpaired) electrons. The quantitative estimate of drug-likeness (QED) is 0.583. The number of benzene rings is 2. The fourth-order valence-corrected chi connectivity index (χ4v) is 4.48. The molecule has 4 rings (SSSR count). The van der Waals surface area contributed by atoms with Crippen molar-refractivity contribution in [3.05, 3.63) is 63.5 Å². The van der Waals surface area contributed by atoms with Crippen molar-refractivity contribution < 1.29 is 9.52 Å². The lowest BCUT2D eigenvalue weighted by molar-refractivity contribution is 0.135. The molecule has 1 aliphatic heterocycles. The second-order valence-electron chi connectivity index (χ2n) is 7.44. The summed E-state index contributed by atoms with van der Waals surface area (Å²) in [6, 6.07) is 13.3. The van der Waals surface area contributed by atoms with E-state index < -0.39 is 5.63 Å². The Labute approximate surface area is 169 Å². The molecule has 0 saturated carbocycles. The van der Waals surface area contributed by atoms with Crippen LogP contribution in [0, 0.1) is 0 Å². The van der Waals surface area contributed by atoms with Gasteiger partial charge >= 0.3 is 5.63 Å². The smallest absolute Gasteiger partial charge is 0.336 e. The highest BCUT2D eigenvalue weighted by atomic mass is 35.5. The lowest BCUT2D eigenvalue weighted by atomic mass is 9.97. The monoisotopic (exact) mass is 397 g/mol. The summed E-state index contributed by atoms with van der Waals surface area (Å²) in [6.07, 6.45) is 4.56. The molecule has 4 nitrogen and oxygen atoms in total. The van der Waals surface area contributed by atoms with Gasteiger partial charge in [0.15, 0.2) is 0 Å². The maximum Gasteiger partial charge on any atom is 0.336 e. The first-order valence-corrected chi connectivity index (χ1v) is 10.2. The summed E-state index contributed by atoms with van der Waals surface area (Å²) in [6.45, 7) is 3.67. The number of piperidine rings is 1. The Morgan fingerprint density at radius 1 is 1.21 bits per heavy atom. The second kappa shape index (κ2) is 7.98. The number of aromatic hydroxyl groups is 1. The molecule has 1 saturated heterocycles. The van der Waals surface area contributed by atoms with Gasteiger partial charge in [0.25, 0.3) is 0 Å². The van der Waals surface area contributed by atoms with E-state index in [2.05, 4.69) is 11.8 Å². The van der Waals surface area contributed by atoms with Crippen LogP contribution in [0.2, 0.25) is 5.02 Å². The summed E-state index contributed by atoms with van der Waals surface area (Å²) < 4.78 is 5.60. The zero-order valence-corrected chi connectivity index (χ0v) is 16.7. The van der Waals surface area contributed by atoms with E-state index in [0.29, 0.717) is 23.7 Å². The third-order valence-electron chi connectivity index (χ3n) is 5.72. The fraction of sp³-hybridized carbons (Fsp3) is 0.348. The van der Waals surface area contributed by atoms with Gasteiger partial charge in [0.1, 0.15) is 11.3 Å². The van der Waals surface area contributed by atoms with Crippen molar-refractivity contribution in [1.29, 1.82) is 0 Å². The van der Waals surface area contributed by atoms with Gasteiger partial charge in [-0.15, -0.1) is 0 Å². The zero-order chi connectivity index (χ0) is 19.7. The lowest BCUT2D eigenvalue weighted by Crippen LogP contribution is -2.38. The van der Waals surface area contributed by atoms with Crippen molar-refractivity contribution in [2.45, 2.75) is 45.2 Å². The van der Waals surface area contributed by atoms with E-state index in [1.54, 1.807) is 6.07 Å². The van der Waals surface area contributed by atoms with E-state index in [1.807, 2.05) is 30.3 Å². The Morgan fingerprint density at radius 2 is 2.00 bits per heavy atom. The molecule has 1 atom stereocenters. The minimum absolute atomic E-state index is 0.00274. The molecule has 0 amide bonds. The van der Waals surface area contributed by atoms with Crippen LogP contribution in [0.5, 0.6) is 5.75 Å². The molecular formula is C23H24ClNO3. The lowest BCUT2D eigenvalue weighted by Gasteiger charge is -2.35. The van der Waals surface area contributed by atoms with E-state index in [0.717, 1.165) is 42.3 Å². The Hall–Kier alpha value is -2.30. The van der Waals surface area contributed by atoms with Gasteiger partial charge in [-0.05, 0) is 43.0 Å². The molecule has 0 bridgehead atoms. The van der Waals surface area contributed by atoms with Gasteiger partial charge < -0.3 is 9.52 Å². The maximum absolute atomic E-state index is 12.3. The zero-order valence-electron chi connectivity index (χ0n) is 16.0. The summed E-state index contributed by atoms with van der Waals surface area (Å²) in [5.41, 5.74) is 2.27. The van der Waals surface area contributed by atoms with Crippen LogP contribution in [0.25, 0.3) is 22.1 Å². The third-order valence-corrected chi connectivity index (χ3v) is 6.01. The molecule has 1 aliphatic rings. The highest BCUT2D eigenvalue weighted by Gasteiger charge is 2.25. The van der Waals surface area contributed by atoms with Gasteiger partial charge in [-0.1, -0.05) is 55.3 Å². The summed E-state index contributed by atoms with van der Waals surface area (Å²) in [4.78, 5) is 14.7. The fourth-order valence-electron chi connectivity index (χ4n) is 4.25. The summed E-state index contributed by atoms with van der Waals surface area (Å²) >= 11 is 6.39. The van der Waals surface area contributed by atoms with Gasteiger partial charge in [0.05, 0.1) is 10.6 Å². The normalized spacial score (nSPS) is 17.9. The molecule has 2 aromatic carbocycles. The number of phenolic OH excluding ortho intramolecular Hbond substituents is 1. The molecule has 1 fully saturated rings. The van der Waals surface area contributed by atoms with Crippen LogP contribution < -0.4 is 5.63 Å². The summed E-state index contributed by atoms with van der Waals surface area (Å²) in [5.74, 6) is 0.00274. The average molecular weight is 398 g/mol. The first-order chi connectivity index (χ1) is 13.6. The number of hydrogen-bond donors (Lipinski definition) is 1. The summed E-state index contributed by atoms with van der Waals surface area (Å²) in [7, 11) is 0. The predicted molar refractivity (Wildman–Crippen MR) is 113 cm³/mol. The molecular weight excluding hydrogens is 374 g/mol. The van der Waals surface area contributed by atoms with E-state index in [-0.39, 0.29) is 10.8 Å². The molecule has 3 aromatic rings. The molecule has 5 heteroatoms. The number of likely N-dealkylation sites (tertiary alicyclic amines) is 1. The van der Waals surface area contributed by atoms with Crippen molar-refractivity contribution in [2.75, 3.05) is 6.54 Å². The largest absolute Gasteiger partial charge is 0.506 e. The van der Waals surface area contributed by atoms with Gasteiger partial charge in [0.2, 0.25) is 0 Å². The van der Waals surface area contributed by atoms with Crippen LogP contribution in [-0.2, 0) is 6.54 Å². The first-order valence-electron chi connectivity index (χ1n) is 9.86. The molecule has 1 aromatic heterocycles. The van der Waals surface area contributed by atoms with Crippen LogP contribution in [0.3, 0.4) is 0 Å². The SMILES string of the molecule is CC[C@H]1CCCCN1Cc1c(O)c(Cl)cc2c(-c3ccccc3)cc(=O)oc12. The Morgan fingerprint density at radius 3 is 2.75 bits per heavy atom. The van der Waals surface area contributed by atoms with Crippen LogP contribution in [0.1, 0.15) is 38.2 Å². The minimum Gasteiger partial charge on any atom is -0.506 e. The highest BCUT2D eigenvalue weighted by Crippen LogP contribution is 2.39. The van der Waals surface area contributed by atoms with Crippen molar-refractivity contribution >= 4 is 22.6 Å². The second-order valence-corrected chi connectivity index (χ2v) is 7.84. The Balaban J connectivity index is 1.90. The molecule has 0 spiro atoms. The minimum atomic E-state index is -0.431. The van der Waals surface area contributed by atoms with E-state index in [4.69, 9.17) is 16.0 Å². The number of nitrogens with zero attached hydrogens (tertiary/aromatic N) is 1. The standard InChI is InChI=1S/C23H24ClNO3/c1-2-16-10-6-7-11-25(16)14-19-22(27)20(24)12-18-17(13-21(26)28-23(18)19)15-8-4-3-5-9-15/h3-5,8-9,12-13,16,27H,2,6-7,10-11,14H2,1H3/t16-/m0/s1. The molecule has 0 unspecified atom stereocenters. The summed E-state index contributed by atoms with van der Waals surface area (Å²) in [5, 5.41) is 11.7. The Kier molecular flexibility index (Phi) is 5.42. The first kappa shape index (κ1) is 19.0. The third kappa shape index (κ3) is 3.54. The number of phenols is 1. The van der Waals surface area contributed by atoms with Crippen molar-refractivity contribution in [3.63, 3.8) is 0 Å². The maximum atomic E-state index is 12.3. The van der Waals surface area contributed by atoms with E-state index in [1.165, 1.54) is 12.5 Å². The number of halogens is 1. The number of rotatable bonds is 4. The molecule has 2 heterocycles. The van der Waals surface area contributed by atoms with Crippen molar-refractivity contribution in [1.82, 2.24) is 4.90 Å². The van der Waals surface area contributed by atoms with Gasteiger partial charge in [-0.25, -0.2) is 4.79 Å². The van der Waals surface area contributed by atoms with Crippen LogP contribution in [0.15, 0.2) is 51.7 Å². The number of fused-ring (bicyclic) bond motifs is 1. The predicted octanol–water partition coefficient (Wildman–Crippen LogP) is 5.58. The van der Waals surface area contributed by atoms with Gasteiger partial charge in [-0.3, -0.25) is 4.90 Å². The van der Waals surface area contributed by atoms with Crippen molar-refractivity contribution in [2.24, 2.45) is 0 Å². The average Bonchev–Trinajstić information content (AvgIpc) is 2.72. The molecule has 0 aliphatic carbocycles. The molecule has 1 N–H and O–H groups in total. The van der Waals surface area contributed by atoms with Crippen molar-refractivity contribution in [3.8, 4) is 16.9 Å². The van der Waals surface area contributed by atoms with Gasteiger partial charge in [-0.2, -0.15) is 0 Å². The van der Waals surface area contributed by atoms with Gasteiger partial charge in [0, 0.05) is 24.0 Å². The number of hydrogen-bond acceptors (Lipinski definition) is 4. The van der Waals surface area contributed by atoms with E-state index in [9.17, 15) is 9.90 Å². The van der Waals surface area contributed by atoms with Crippen LogP contribution in [-0.4, -0.2) is 22.6 Å². The molecule has 146 valence electrons. The van der Waals surface area contributed by atoms with E-state index >= 15 is 0 Å². The van der Waals surface area contributed by atoms with Crippen LogP contribution >= 0.6 is 11.6 Å². The van der Waals surface area contributed by atoms with Crippen LogP contribution in [0.4, 0.5) is 0 Å². The highest BCUT2D eigenvalue weighted by molar-refractivity contribution is 6.33.